The number of methoxy groups -OCH3 is 1. The number of para-hydroxylation sites is 1. The monoisotopic (exact) mass is 367 g/mol. The summed E-state index contributed by atoms with van der Waals surface area (Å²) in [7, 11) is 1.67. The second-order valence-electron chi connectivity index (χ2n) is 6.49. The number of nitrogens with one attached hydrogen (secondary N) is 2. The van der Waals surface area contributed by atoms with Crippen LogP contribution in [0.1, 0.15) is 24.3 Å². The Labute approximate surface area is 154 Å². The third kappa shape index (κ3) is 4.32. The molecule has 0 aliphatic carbocycles. The molecule has 2 aromatic rings. The molecule has 0 bridgehead atoms. The first-order chi connectivity index (χ1) is 11.6. The summed E-state index contributed by atoms with van der Waals surface area (Å²) >= 11 is 0. The van der Waals surface area contributed by atoms with E-state index in [0.29, 0.717) is 32.0 Å². The van der Waals surface area contributed by atoms with Gasteiger partial charge in [0.2, 0.25) is 5.91 Å². The quantitative estimate of drug-likeness (QED) is 0.784. The molecule has 0 saturated carbocycles. The standard InChI is InChI=1S/C18H25N3O3.ClH/c1-13-4-3-5-14-16(13)21-15(24-14)6-9-20-17(22)18(8-11-23-2)7-10-19-12-18;/h3-5,19H,6-12H2,1-2H3,(H,20,22);1H. The molecular formula is C18H26ClN3O3. The van der Waals surface area contributed by atoms with Crippen LogP contribution in [-0.4, -0.2) is 44.2 Å². The Morgan fingerprint density at radius 3 is 3.00 bits per heavy atom. The smallest absolute Gasteiger partial charge is 0.227 e. The fourth-order valence-corrected chi connectivity index (χ4v) is 3.27. The number of hydrogen-bond donors (Lipinski definition) is 2. The highest BCUT2D eigenvalue weighted by Gasteiger charge is 2.40. The minimum Gasteiger partial charge on any atom is -0.441 e. The fraction of sp³-hybridized carbons (Fsp3) is 0.556. The third-order valence-corrected chi connectivity index (χ3v) is 4.80. The fourth-order valence-electron chi connectivity index (χ4n) is 3.27. The number of fused-ring (bicyclic) bond motifs is 1. The van der Waals surface area contributed by atoms with Crippen molar-refractivity contribution >= 4 is 29.4 Å². The van der Waals surface area contributed by atoms with Crippen LogP contribution in [0, 0.1) is 12.3 Å². The van der Waals surface area contributed by atoms with E-state index in [9.17, 15) is 4.79 Å². The molecule has 1 fully saturated rings. The van der Waals surface area contributed by atoms with Crippen molar-refractivity contribution in [3.63, 3.8) is 0 Å². The number of carbonyl (C=O) groups is 1. The van der Waals surface area contributed by atoms with E-state index >= 15 is 0 Å². The zero-order valence-electron chi connectivity index (χ0n) is 14.8. The summed E-state index contributed by atoms with van der Waals surface area (Å²) in [6, 6.07) is 5.89. The molecule has 1 unspecified atom stereocenters. The van der Waals surface area contributed by atoms with E-state index in [2.05, 4.69) is 15.6 Å². The molecule has 1 aliphatic heterocycles. The molecule has 1 amide bonds. The van der Waals surface area contributed by atoms with Gasteiger partial charge in [0.05, 0.1) is 5.41 Å². The summed E-state index contributed by atoms with van der Waals surface area (Å²) in [6.07, 6.45) is 2.18. The first-order valence-corrected chi connectivity index (χ1v) is 8.48. The second-order valence-corrected chi connectivity index (χ2v) is 6.49. The van der Waals surface area contributed by atoms with Crippen molar-refractivity contribution in [1.29, 1.82) is 0 Å². The van der Waals surface area contributed by atoms with E-state index in [-0.39, 0.29) is 23.7 Å². The van der Waals surface area contributed by atoms with Crippen molar-refractivity contribution in [3.05, 3.63) is 29.7 Å². The lowest BCUT2D eigenvalue weighted by molar-refractivity contribution is -0.131. The van der Waals surface area contributed by atoms with Gasteiger partial charge in [0.15, 0.2) is 11.5 Å². The zero-order chi connectivity index (χ0) is 17.0. The van der Waals surface area contributed by atoms with Crippen molar-refractivity contribution < 1.29 is 13.9 Å². The zero-order valence-corrected chi connectivity index (χ0v) is 15.6. The molecule has 2 N–H and O–H groups in total. The Bertz CT molecular complexity index is 711. The molecule has 1 atom stereocenters. The van der Waals surface area contributed by atoms with E-state index in [1.165, 1.54) is 0 Å². The Morgan fingerprint density at radius 2 is 2.32 bits per heavy atom. The summed E-state index contributed by atoms with van der Waals surface area (Å²) in [5.41, 5.74) is 2.44. The summed E-state index contributed by atoms with van der Waals surface area (Å²) in [5, 5.41) is 6.34. The number of ether oxygens (including phenoxy) is 1. The lowest BCUT2D eigenvalue weighted by atomic mass is 9.83. The lowest BCUT2D eigenvalue weighted by Gasteiger charge is -2.26. The molecule has 7 heteroatoms. The van der Waals surface area contributed by atoms with Gasteiger partial charge in [0.1, 0.15) is 5.52 Å². The molecule has 25 heavy (non-hydrogen) atoms. The number of aromatic nitrogens is 1. The molecule has 138 valence electrons. The predicted molar refractivity (Wildman–Crippen MR) is 99.1 cm³/mol. The van der Waals surface area contributed by atoms with E-state index in [0.717, 1.165) is 36.0 Å². The van der Waals surface area contributed by atoms with Crippen LogP contribution in [0.15, 0.2) is 22.6 Å². The highest BCUT2D eigenvalue weighted by molar-refractivity contribution is 5.85. The van der Waals surface area contributed by atoms with Gasteiger partial charge < -0.3 is 19.8 Å². The number of amides is 1. The summed E-state index contributed by atoms with van der Waals surface area (Å²) < 4.78 is 10.9. The van der Waals surface area contributed by atoms with E-state index in [1.807, 2.05) is 25.1 Å². The van der Waals surface area contributed by atoms with Gasteiger partial charge in [0.25, 0.3) is 0 Å². The maximum absolute atomic E-state index is 12.6. The maximum Gasteiger partial charge on any atom is 0.227 e. The first kappa shape index (κ1) is 19.7. The van der Waals surface area contributed by atoms with Crippen LogP contribution in [0.2, 0.25) is 0 Å². The Hall–Kier alpha value is -1.63. The number of nitrogens with zero attached hydrogens (tertiary/aromatic N) is 1. The van der Waals surface area contributed by atoms with Crippen LogP contribution in [0.5, 0.6) is 0 Å². The first-order valence-electron chi connectivity index (χ1n) is 8.48. The number of aryl methyl sites for hydroxylation is 1. The highest BCUT2D eigenvalue weighted by Crippen LogP contribution is 2.30. The van der Waals surface area contributed by atoms with Crippen molar-refractivity contribution in [2.45, 2.75) is 26.2 Å². The second kappa shape index (κ2) is 8.65. The number of halogens is 1. The predicted octanol–water partition coefficient (Wildman–Crippen LogP) is 2.23. The van der Waals surface area contributed by atoms with Gasteiger partial charge in [-0.05, 0) is 37.9 Å². The number of carbonyl (C=O) groups excluding carboxylic acids is 1. The lowest BCUT2D eigenvalue weighted by Crippen LogP contribution is -2.44. The molecule has 3 rings (SSSR count). The van der Waals surface area contributed by atoms with Gasteiger partial charge in [-0.15, -0.1) is 12.4 Å². The van der Waals surface area contributed by atoms with Crippen LogP contribution in [0.3, 0.4) is 0 Å². The van der Waals surface area contributed by atoms with Crippen LogP contribution in [0.4, 0.5) is 0 Å². The molecule has 1 aromatic heterocycles. The van der Waals surface area contributed by atoms with Gasteiger partial charge in [-0.3, -0.25) is 4.79 Å². The van der Waals surface area contributed by atoms with Crippen molar-refractivity contribution in [3.8, 4) is 0 Å². The molecule has 1 aliphatic rings. The largest absolute Gasteiger partial charge is 0.441 e. The minimum atomic E-state index is -0.353. The van der Waals surface area contributed by atoms with Crippen LogP contribution in [0.25, 0.3) is 11.1 Å². The minimum absolute atomic E-state index is 0. The van der Waals surface area contributed by atoms with E-state index < -0.39 is 0 Å². The number of rotatable bonds is 7. The molecule has 1 saturated heterocycles. The van der Waals surface area contributed by atoms with Gasteiger partial charge in [-0.2, -0.15) is 0 Å². The highest BCUT2D eigenvalue weighted by atomic mass is 35.5. The van der Waals surface area contributed by atoms with Gasteiger partial charge in [-0.25, -0.2) is 4.98 Å². The van der Waals surface area contributed by atoms with Gasteiger partial charge in [0, 0.05) is 33.2 Å². The molecular weight excluding hydrogens is 342 g/mol. The molecule has 0 spiro atoms. The van der Waals surface area contributed by atoms with Crippen molar-refractivity contribution in [2.24, 2.45) is 5.41 Å². The molecule has 6 nitrogen and oxygen atoms in total. The average molecular weight is 368 g/mol. The van der Waals surface area contributed by atoms with Crippen LogP contribution >= 0.6 is 12.4 Å². The van der Waals surface area contributed by atoms with Crippen LogP contribution in [-0.2, 0) is 16.0 Å². The summed E-state index contributed by atoms with van der Waals surface area (Å²) in [5.74, 6) is 0.756. The average Bonchev–Trinajstić information content (AvgIpc) is 3.21. The number of hydrogen-bond acceptors (Lipinski definition) is 5. The Morgan fingerprint density at radius 1 is 1.48 bits per heavy atom. The van der Waals surface area contributed by atoms with E-state index in [1.54, 1.807) is 7.11 Å². The van der Waals surface area contributed by atoms with Crippen molar-refractivity contribution in [1.82, 2.24) is 15.6 Å². The molecule has 1 aromatic carbocycles. The summed E-state index contributed by atoms with van der Waals surface area (Å²) in [6.45, 7) is 4.73. The third-order valence-electron chi connectivity index (χ3n) is 4.80. The number of oxazole rings is 1. The Balaban J connectivity index is 0.00000225. The van der Waals surface area contributed by atoms with Crippen LogP contribution < -0.4 is 10.6 Å². The Kier molecular flexibility index (Phi) is 6.81. The normalized spacial score (nSPS) is 19.8. The van der Waals surface area contributed by atoms with Gasteiger partial charge >= 0.3 is 0 Å². The maximum atomic E-state index is 12.6. The molecule has 0 radical (unpaired) electrons. The van der Waals surface area contributed by atoms with Crippen molar-refractivity contribution in [2.75, 3.05) is 33.4 Å². The van der Waals surface area contributed by atoms with Gasteiger partial charge in [-0.1, -0.05) is 12.1 Å². The topological polar surface area (TPSA) is 76.4 Å². The molecule has 2 heterocycles. The SMILES string of the molecule is COCCC1(C(=O)NCCc2nc3c(C)cccc3o2)CCNC1.Cl. The number of benzene rings is 1. The summed E-state index contributed by atoms with van der Waals surface area (Å²) in [4.78, 5) is 17.2. The van der Waals surface area contributed by atoms with E-state index in [4.69, 9.17) is 9.15 Å².